The number of rotatable bonds is 7. The first-order valence-electron chi connectivity index (χ1n) is 10.2. The summed E-state index contributed by atoms with van der Waals surface area (Å²) >= 11 is 0. The summed E-state index contributed by atoms with van der Waals surface area (Å²) in [7, 11) is 0. The van der Waals surface area contributed by atoms with Crippen LogP contribution in [0.4, 0.5) is 0 Å². The van der Waals surface area contributed by atoms with E-state index in [1.807, 2.05) is 36.4 Å². The maximum Gasteiger partial charge on any atom is 0.119 e. The maximum absolute atomic E-state index is 8.88. The predicted molar refractivity (Wildman–Crippen MR) is 112 cm³/mol. The van der Waals surface area contributed by atoms with Crippen LogP contribution in [-0.2, 0) is 0 Å². The summed E-state index contributed by atoms with van der Waals surface area (Å²) in [6.07, 6.45) is 12.7. The summed E-state index contributed by atoms with van der Waals surface area (Å²) in [4.78, 5) is 0. The van der Waals surface area contributed by atoms with Gasteiger partial charge in [-0.3, -0.25) is 0 Å². The number of hydrogen-bond acceptors (Lipinski definition) is 2. The van der Waals surface area contributed by atoms with Crippen molar-refractivity contribution in [3.05, 3.63) is 66.2 Å². The molecule has 0 amide bonds. The Bertz CT molecular complexity index is 759. The Labute approximate surface area is 163 Å². The van der Waals surface area contributed by atoms with Crippen molar-refractivity contribution in [1.82, 2.24) is 0 Å². The third kappa shape index (κ3) is 5.73. The van der Waals surface area contributed by atoms with E-state index < -0.39 is 0 Å². The van der Waals surface area contributed by atoms with Crippen LogP contribution in [0.5, 0.6) is 5.75 Å². The fraction of sp³-hybridized carbons (Fsp3) is 0.400. The highest BCUT2D eigenvalue weighted by Crippen LogP contribution is 2.32. The van der Waals surface area contributed by atoms with Gasteiger partial charge in [0.25, 0.3) is 0 Å². The molecule has 2 nitrogen and oxygen atoms in total. The van der Waals surface area contributed by atoms with Gasteiger partial charge in [0.2, 0.25) is 0 Å². The van der Waals surface area contributed by atoms with Gasteiger partial charge in [-0.2, -0.15) is 5.26 Å². The zero-order valence-electron chi connectivity index (χ0n) is 16.2. The van der Waals surface area contributed by atoms with E-state index in [0.29, 0.717) is 12.2 Å². The molecule has 1 aliphatic carbocycles. The zero-order valence-corrected chi connectivity index (χ0v) is 16.2. The molecule has 0 atom stereocenters. The van der Waals surface area contributed by atoms with E-state index in [1.165, 1.54) is 38.5 Å². The zero-order chi connectivity index (χ0) is 18.9. The fourth-order valence-corrected chi connectivity index (χ4v) is 3.95. The van der Waals surface area contributed by atoms with Crippen molar-refractivity contribution >= 4 is 0 Å². The van der Waals surface area contributed by atoms with E-state index in [9.17, 15) is 0 Å². The Hall–Kier alpha value is -2.53. The number of nitrogens with zero attached hydrogens (tertiary/aromatic N) is 1. The molecule has 0 bridgehead atoms. The van der Waals surface area contributed by atoms with Crippen LogP contribution >= 0.6 is 0 Å². The van der Waals surface area contributed by atoms with Gasteiger partial charge >= 0.3 is 0 Å². The number of nitriles is 1. The second-order valence-electron chi connectivity index (χ2n) is 7.52. The van der Waals surface area contributed by atoms with Crippen LogP contribution in [0.25, 0.3) is 11.1 Å². The molecule has 0 saturated heterocycles. The molecule has 0 radical (unpaired) electrons. The molecule has 0 aromatic heterocycles. The smallest absolute Gasteiger partial charge is 0.119 e. The maximum atomic E-state index is 8.88. The first kappa shape index (κ1) is 19.2. The van der Waals surface area contributed by atoms with Gasteiger partial charge in [0.1, 0.15) is 12.4 Å². The Kier molecular flexibility index (Phi) is 7.11. The molecule has 27 heavy (non-hydrogen) atoms. The van der Waals surface area contributed by atoms with Crippen LogP contribution in [0.1, 0.15) is 51.0 Å². The fourth-order valence-electron chi connectivity index (χ4n) is 3.95. The first-order valence-corrected chi connectivity index (χ1v) is 10.2. The largest absolute Gasteiger partial charge is 0.490 e. The quantitative estimate of drug-likeness (QED) is 0.511. The minimum absolute atomic E-state index is 0.630. The molecular weight excluding hydrogens is 330 g/mol. The van der Waals surface area contributed by atoms with Crippen molar-refractivity contribution in [2.45, 2.75) is 45.4 Å². The topological polar surface area (TPSA) is 33.0 Å². The Balaban J connectivity index is 1.44. The van der Waals surface area contributed by atoms with Crippen LogP contribution < -0.4 is 4.74 Å². The highest BCUT2D eigenvalue weighted by atomic mass is 16.5. The molecule has 2 aromatic rings. The van der Waals surface area contributed by atoms with E-state index >= 15 is 0 Å². The summed E-state index contributed by atoms with van der Waals surface area (Å²) in [5.74, 6) is 2.59. The molecule has 2 aromatic carbocycles. The summed E-state index contributed by atoms with van der Waals surface area (Å²) in [5.41, 5.74) is 2.93. The third-order valence-corrected chi connectivity index (χ3v) is 5.54. The van der Waals surface area contributed by atoms with Crippen molar-refractivity contribution in [2.75, 3.05) is 6.61 Å². The molecular formula is C25H29NO. The Morgan fingerprint density at radius 1 is 0.963 bits per heavy atom. The van der Waals surface area contributed by atoms with Crippen molar-refractivity contribution in [2.24, 2.45) is 11.8 Å². The van der Waals surface area contributed by atoms with Crippen LogP contribution in [0.3, 0.4) is 0 Å². The molecule has 0 N–H and O–H groups in total. The molecule has 2 heteroatoms. The summed E-state index contributed by atoms with van der Waals surface area (Å²) in [6.45, 7) is 2.92. The number of allylic oxidation sites excluding steroid dienone is 1. The van der Waals surface area contributed by atoms with Gasteiger partial charge < -0.3 is 4.74 Å². The number of benzene rings is 2. The van der Waals surface area contributed by atoms with Crippen LogP contribution in [0.2, 0.25) is 0 Å². The van der Waals surface area contributed by atoms with E-state index in [2.05, 4.69) is 37.3 Å². The van der Waals surface area contributed by atoms with Crippen LogP contribution in [0, 0.1) is 23.2 Å². The van der Waals surface area contributed by atoms with E-state index in [-0.39, 0.29) is 0 Å². The summed E-state index contributed by atoms with van der Waals surface area (Å²) in [5, 5.41) is 8.88. The standard InChI is InChI=1S/C25H29NO/c1-2-4-20-6-8-21(9-7-20)5-3-18-27-25-16-14-24(15-17-25)23-12-10-22(19-26)11-13-23/h3,5,10-17,20-21H,2,4,6-9,18H2,1H3/b5-3+. The molecule has 1 aliphatic rings. The van der Waals surface area contributed by atoms with Gasteiger partial charge in [-0.15, -0.1) is 0 Å². The number of hydrogen-bond donors (Lipinski definition) is 0. The molecule has 3 rings (SSSR count). The lowest BCUT2D eigenvalue weighted by Crippen LogP contribution is -2.13. The van der Waals surface area contributed by atoms with Gasteiger partial charge in [-0.05, 0) is 72.9 Å². The van der Waals surface area contributed by atoms with Gasteiger partial charge in [0, 0.05) is 0 Å². The van der Waals surface area contributed by atoms with Gasteiger partial charge in [-0.1, -0.05) is 56.2 Å². The van der Waals surface area contributed by atoms with E-state index in [4.69, 9.17) is 10.00 Å². The minimum Gasteiger partial charge on any atom is -0.490 e. The molecule has 1 saturated carbocycles. The Morgan fingerprint density at radius 2 is 1.59 bits per heavy atom. The normalized spacial score (nSPS) is 19.7. The average molecular weight is 360 g/mol. The minimum atomic E-state index is 0.630. The third-order valence-electron chi connectivity index (χ3n) is 5.54. The van der Waals surface area contributed by atoms with E-state index in [0.717, 1.165) is 28.7 Å². The summed E-state index contributed by atoms with van der Waals surface area (Å²) in [6, 6.07) is 18.0. The lowest BCUT2D eigenvalue weighted by atomic mass is 9.80. The molecule has 0 unspecified atom stereocenters. The molecule has 140 valence electrons. The van der Waals surface area contributed by atoms with Crippen molar-refractivity contribution in [1.29, 1.82) is 5.26 Å². The van der Waals surface area contributed by atoms with Crippen molar-refractivity contribution in [3.63, 3.8) is 0 Å². The lowest BCUT2D eigenvalue weighted by Gasteiger charge is -2.26. The first-order chi connectivity index (χ1) is 13.3. The molecule has 1 fully saturated rings. The molecule has 0 spiro atoms. The average Bonchev–Trinajstić information content (AvgIpc) is 2.73. The van der Waals surface area contributed by atoms with E-state index in [1.54, 1.807) is 0 Å². The number of ether oxygens (including phenoxy) is 1. The van der Waals surface area contributed by atoms with Crippen molar-refractivity contribution in [3.8, 4) is 22.9 Å². The van der Waals surface area contributed by atoms with Crippen LogP contribution in [0.15, 0.2) is 60.7 Å². The van der Waals surface area contributed by atoms with Gasteiger partial charge in [-0.25, -0.2) is 0 Å². The van der Waals surface area contributed by atoms with Gasteiger partial charge in [0.15, 0.2) is 0 Å². The molecule has 0 heterocycles. The Morgan fingerprint density at radius 3 is 2.19 bits per heavy atom. The van der Waals surface area contributed by atoms with Crippen LogP contribution in [-0.4, -0.2) is 6.61 Å². The second-order valence-corrected chi connectivity index (χ2v) is 7.52. The second kappa shape index (κ2) is 9.97. The summed E-state index contributed by atoms with van der Waals surface area (Å²) < 4.78 is 5.85. The highest BCUT2D eigenvalue weighted by Gasteiger charge is 2.18. The van der Waals surface area contributed by atoms with Crippen molar-refractivity contribution < 1.29 is 4.74 Å². The monoisotopic (exact) mass is 359 g/mol. The predicted octanol–water partition coefficient (Wildman–Crippen LogP) is 6.77. The highest BCUT2D eigenvalue weighted by molar-refractivity contribution is 5.64. The molecule has 0 aliphatic heterocycles. The van der Waals surface area contributed by atoms with Gasteiger partial charge in [0.05, 0.1) is 11.6 Å². The lowest BCUT2D eigenvalue weighted by molar-refractivity contribution is 0.292. The SMILES string of the molecule is CCCC1CCC(/C=C/COc2ccc(-c3ccc(C#N)cc3)cc2)CC1.